The van der Waals surface area contributed by atoms with Gasteiger partial charge in [0.05, 0.1) is 11.2 Å². The number of ether oxygens (including phenoxy) is 1. The predicted octanol–water partition coefficient (Wildman–Crippen LogP) is 3.83. The molecule has 0 aliphatic rings. The summed E-state index contributed by atoms with van der Waals surface area (Å²) in [4.78, 5) is 8.21. The zero-order chi connectivity index (χ0) is 14.3. The van der Waals surface area contributed by atoms with Crippen molar-refractivity contribution in [3.8, 4) is 5.75 Å². The maximum absolute atomic E-state index is 12.2. The Morgan fingerprint density at radius 2 is 1.74 bits per heavy atom. The van der Waals surface area contributed by atoms with Gasteiger partial charge in [-0.25, -0.2) is 9.97 Å². The van der Waals surface area contributed by atoms with E-state index in [9.17, 15) is 13.2 Å². The van der Waals surface area contributed by atoms with E-state index in [1.54, 1.807) is 0 Å². The first-order valence-corrected chi connectivity index (χ1v) is 5.68. The van der Waals surface area contributed by atoms with Crippen molar-refractivity contribution in [3.05, 3.63) is 30.2 Å². The molecular formula is C13H13F3N2O. The first kappa shape index (κ1) is 13.6. The van der Waals surface area contributed by atoms with Crippen LogP contribution in [-0.4, -0.2) is 16.3 Å². The van der Waals surface area contributed by atoms with E-state index in [-0.39, 0.29) is 11.2 Å². The number of fused-ring (bicyclic) bond motifs is 1. The molecule has 3 nitrogen and oxygen atoms in total. The van der Waals surface area contributed by atoms with Crippen molar-refractivity contribution in [3.63, 3.8) is 0 Å². The van der Waals surface area contributed by atoms with E-state index in [2.05, 4.69) is 14.7 Å². The van der Waals surface area contributed by atoms with Crippen molar-refractivity contribution in [1.82, 2.24) is 9.97 Å². The van der Waals surface area contributed by atoms with Gasteiger partial charge in [0.2, 0.25) is 0 Å². The summed E-state index contributed by atoms with van der Waals surface area (Å²) >= 11 is 0. The molecule has 0 saturated carbocycles. The molecule has 2 aromatic rings. The molecule has 19 heavy (non-hydrogen) atoms. The molecule has 0 spiro atoms. The lowest BCUT2D eigenvalue weighted by Crippen LogP contribution is -2.17. The van der Waals surface area contributed by atoms with E-state index in [0.717, 1.165) is 0 Å². The van der Waals surface area contributed by atoms with Gasteiger partial charge >= 0.3 is 6.36 Å². The van der Waals surface area contributed by atoms with Crippen molar-refractivity contribution < 1.29 is 17.9 Å². The number of hydrogen-bond acceptors (Lipinski definition) is 3. The minimum Gasteiger partial charge on any atom is -0.406 e. The number of nitrogens with zero attached hydrogens (tertiary/aromatic N) is 2. The van der Waals surface area contributed by atoms with Crippen molar-refractivity contribution >= 4 is 10.9 Å². The SMILES string of the molecule is CC(C)(C)c1ncnc2ccc(OC(F)(F)F)cc12. The fourth-order valence-corrected chi connectivity index (χ4v) is 1.83. The van der Waals surface area contributed by atoms with Crippen LogP contribution in [0.2, 0.25) is 0 Å². The van der Waals surface area contributed by atoms with Gasteiger partial charge in [0.25, 0.3) is 0 Å². The van der Waals surface area contributed by atoms with Gasteiger partial charge < -0.3 is 4.74 Å². The normalized spacial score (nSPS) is 12.7. The van der Waals surface area contributed by atoms with Crippen molar-refractivity contribution in [2.45, 2.75) is 32.5 Å². The fourth-order valence-electron chi connectivity index (χ4n) is 1.83. The van der Waals surface area contributed by atoms with Gasteiger partial charge in [-0.05, 0) is 18.2 Å². The topological polar surface area (TPSA) is 35.0 Å². The number of hydrogen-bond donors (Lipinski definition) is 0. The highest BCUT2D eigenvalue weighted by Crippen LogP contribution is 2.31. The van der Waals surface area contributed by atoms with Gasteiger partial charge in [0.1, 0.15) is 12.1 Å². The van der Waals surface area contributed by atoms with Crippen LogP contribution in [0.3, 0.4) is 0 Å². The summed E-state index contributed by atoms with van der Waals surface area (Å²) in [6, 6.07) is 4.06. The first-order chi connectivity index (χ1) is 8.67. The Bertz CT molecular complexity index is 603. The van der Waals surface area contributed by atoms with Crippen LogP contribution < -0.4 is 4.74 Å². The third kappa shape index (κ3) is 3.13. The molecule has 0 aliphatic carbocycles. The summed E-state index contributed by atoms with van der Waals surface area (Å²) < 4.78 is 40.6. The standard InChI is InChI=1S/C13H13F3N2O/c1-12(2,3)11-9-6-8(19-13(14,15)16)4-5-10(9)17-7-18-11/h4-7H,1-3H3. The molecule has 6 heteroatoms. The lowest BCUT2D eigenvalue weighted by atomic mass is 9.89. The second kappa shape index (κ2) is 4.36. The molecule has 0 atom stereocenters. The Labute approximate surface area is 108 Å². The minimum atomic E-state index is -4.70. The quantitative estimate of drug-likeness (QED) is 0.790. The molecule has 1 aromatic heterocycles. The molecule has 0 unspecified atom stereocenters. The average molecular weight is 270 g/mol. The number of rotatable bonds is 1. The Morgan fingerprint density at radius 3 is 2.32 bits per heavy atom. The minimum absolute atomic E-state index is 0.264. The number of halogens is 3. The van der Waals surface area contributed by atoms with Crippen LogP contribution in [-0.2, 0) is 5.41 Å². The lowest BCUT2D eigenvalue weighted by Gasteiger charge is -2.19. The van der Waals surface area contributed by atoms with Crippen LogP contribution in [0.4, 0.5) is 13.2 Å². The zero-order valence-electron chi connectivity index (χ0n) is 10.7. The zero-order valence-corrected chi connectivity index (χ0v) is 10.7. The lowest BCUT2D eigenvalue weighted by molar-refractivity contribution is -0.274. The van der Waals surface area contributed by atoms with E-state index >= 15 is 0 Å². The molecule has 0 bridgehead atoms. The second-order valence-corrected chi connectivity index (χ2v) is 5.20. The summed E-state index contributed by atoms with van der Waals surface area (Å²) in [5.41, 5.74) is 0.984. The maximum atomic E-state index is 12.2. The molecule has 1 heterocycles. The largest absolute Gasteiger partial charge is 0.573 e. The Kier molecular flexibility index (Phi) is 3.12. The van der Waals surface area contributed by atoms with Gasteiger partial charge in [-0.15, -0.1) is 13.2 Å². The second-order valence-electron chi connectivity index (χ2n) is 5.20. The molecule has 0 aliphatic heterocycles. The predicted molar refractivity (Wildman–Crippen MR) is 64.9 cm³/mol. The monoisotopic (exact) mass is 270 g/mol. The number of aromatic nitrogens is 2. The molecule has 1 aromatic carbocycles. The van der Waals surface area contributed by atoms with E-state index in [4.69, 9.17) is 0 Å². The summed E-state index contributed by atoms with van der Waals surface area (Å²) in [7, 11) is 0. The summed E-state index contributed by atoms with van der Waals surface area (Å²) in [6.45, 7) is 5.81. The molecule has 0 fully saturated rings. The van der Waals surface area contributed by atoms with Crippen molar-refractivity contribution in [1.29, 1.82) is 0 Å². The third-order valence-electron chi connectivity index (χ3n) is 2.55. The highest BCUT2D eigenvalue weighted by Gasteiger charge is 2.31. The Hall–Kier alpha value is -1.85. The summed E-state index contributed by atoms with van der Waals surface area (Å²) in [5.74, 6) is -0.264. The average Bonchev–Trinajstić information content (AvgIpc) is 2.24. The van der Waals surface area contributed by atoms with E-state index in [1.807, 2.05) is 20.8 Å². The van der Waals surface area contributed by atoms with Crippen molar-refractivity contribution in [2.24, 2.45) is 0 Å². The maximum Gasteiger partial charge on any atom is 0.573 e. The van der Waals surface area contributed by atoms with Crippen LogP contribution in [0, 0.1) is 0 Å². The van der Waals surface area contributed by atoms with Crippen LogP contribution in [0.15, 0.2) is 24.5 Å². The molecule has 2 rings (SSSR count). The molecule has 0 amide bonds. The van der Waals surface area contributed by atoms with E-state index in [0.29, 0.717) is 16.6 Å². The number of alkyl halides is 3. The molecule has 0 saturated heterocycles. The smallest absolute Gasteiger partial charge is 0.406 e. The fraction of sp³-hybridized carbons (Fsp3) is 0.385. The van der Waals surface area contributed by atoms with E-state index in [1.165, 1.54) is 24.5 Å². The Morgan fingerprint density at radius 1 is 1.05 bits per heavy atom. The Balaban J connectivity index is 2.57. The number of benzene rings is 1. The van der Waals surface area contributed by atoms with E-state index < -0.39 is 6.36 Å². The molecule has 0 N–H and O–H groups in total. The highest BCUT2D eigenvalue weighted by atomic mass is 19.4. The molecule has 102 valence electrons. The molecule has 0 radical (unpaired) electrons. The van der Waals surface area contributed by atoms with Gasteiger partial charge in [-0.3, -0.25) is 0 Å². The highest BCUT2D eigenvalue weighted by molar-refractivity contribution is 5.83. The van der Waals surface area contributed by atoms with Gasteiger partial charge in [-0.1, -0.05) is 20.8 Å². The van der Waals surface area contributed by atoms with Crippen molar-refractivity contribution in [2.75, 3.05) is 0 Å². The summed E-state index contributed by atoms with van der Waals surface area (Å²) in [5, 5.41) is 0.566. The molecular weight excluding hydrogens is 257 g/mol. The van der Waals surface area contributed by atoms with Gasteiger partial charge in [0.15, 0.2) is 0 Å². The summed E-state index contributed by atoms with van der Waals surface area (Å²) in [6.07, 6.45) is -3.29. The van der Waals surface area contributed by atoms with Crippen LogP contribution >= 0.6 is 0 Å². The van der Waals surface area contributed by atoms with Crippen LogP contribution in [0.25, 0.3) is 10.9 Å². The first-order valence-electron chi connectivity index (χ1n) is 5.68. The van der Waals surface area contributed by atoms with Gasteiger partial charge in [0, 0.05) is 10.8 Å². The van der Waals surface area contributed by atoms with Gasteiger partial charge in [-0.2, -0.15) is 0 Å². The third-order valence-corrected chi connectivity index (χ3v) is 2.55. The van der Waals surface area contributed by atoms with Crippen LogP contribution in [0.5, 0.6) is 5.75 Å². The van der Waals surface area contributed by atoms with Crippen LogP contribution in [0.1, 0.15) is 26.5 Å².